The van der Waals surface area contributed by atoms with Gasteiger partial charge in [-0.25, -0.2) is 0 Å². The number of hydrogen-bond acceptors (Lipinski definition) is 3. The molecule has 0 bridgehead atoms. The van der Waals surface area contributed by atoms with Crippen LogP contribution in [0.15, 0.2) is 46.9 Å². The van der Waals surface area contributed by atoms with E-state index in [4.69, 9.17) is 11.6 Å². The summed E-state index contributed by atoms with van der Waals surface area (Å²) in [6.45, 7) is 0. The molecule has 0 fully saturated rings. The van der Waals surface area contributed by atoms with E-state index in [1.807, 2.05) is 0 Å². The van der Waals surface area contributed by atoms with E-state index < -0.39 is 4.92 Å². The van der Waals surface area contributed by atoms with E-state index in [9.17, 15) is 14.9 Å². The van der Waals surface area contributed by atoms with Crippen molar-refractivity contribution in [2.24, 2.45) is 0 Å². The Morgan fingerprint density at radius 2 is 2.05 bits per heavy atom. The summed E-state index contributed by atoms with van der Waals surface area (Å²) in [5, 5.41) is 13.9. The molecule has 0 atom stereocenters. The molecule has 7 heteroatoms. The average molecular weight is 370 g/mol. The number of halogens is 2. The molecular weight excluding hydrogens is 360 g/mol. The molecule has 108 valence electrons. The van der Waals surface area contributed by atoms with Gasteiger partial charge in [-0.05, 0) is 39.7 Å². The van der Waals surface area contributed by atoms with Gasteiger partial charge in [0.1, 0.15) is 0 Å². The van der Waals surface area contributed by atoms with E-state index in [2.05, 4.69) is 21.2 Å². The van der Waals surface area contributed by atoms with E-state index >= 15 is 0 Å². The fourth-order valence-corrected chi connectivity index (χ4v) is 2.27. The van der Waals surface area contributed by atoms with Crippen molar-refractivity contribution < 1.29 is 9.72 Å². The van der Waals surface area contributed by atoms with Crippen molar-refractivity contribution in [2.75, 3.05) is 5.32 Å². The Bertz CT molecular complexity index is 706. The highest BCUT2D eigenvalue weighted by Crippen LogP contribution is 2.26. The summed E-state index contributed by atoms with van der Waals surface area (Å²) in [6.07, 6.45) is 0.0423. The van der Waals surface area contributed by atoms with Gasteiger partial charge >= 0.3 is 0 Å². The predicted octanol–water partition coefficient (Wildman–Crippen LogP) is 4.19. The van der Waals surface area contributed by atoms with Crippen LogP contribution in [0.1, 0.15) is 5.56 Å². The van der Waals surface area contributed by atoms with Crippen LogP contribution in [0.2, 0.25) is 5.02 Å². The molecular formula is C14H10BrClN2O3. The number of nitrogens with one attached hydrogen (secondary N) is 1. The van der Waals surface area contributed by atoms with Crippen molar-refractivity contribution in [3.05, 3.63) is 67.6 Å². The molecule has 0 radical (unpaired) electrons. The van der Waals surface area contributed by atoms with Crippen molar-refractivity contribution in [1.82, 2.24) is 0 Å². The largest absolute Gasteiger partial charge is 0.325 e. The molecule has 2 aromatic carbocycles. The first-order chi connectivity index (χ1) is 9.95. The zero-order chi connectivity index (χ0) is 15.4. The van der Waals surface area contributed by atoms with Crippen LogP contribution in [0.3, 0.4) is 0 Å². The highest BCUT2D eigenvalue weighted by molar-refractivity contribution is 9.10. The minimum atomic E-state index is -0.491. The second-order valence-corrected chi connectivity index (χ2v) is 5.57. The lowest BCUT2D eigenvalue weighted by molar-refractivity contribution is -0.384. The number of amides is 1. The summed E-state index contributed by atoms with van der Waals surface area (Å²) in [6, 6.07) is 11.0. The van der Waals surface area contributed by atoms with Gasteiger partial charge in [0.25, 0.3) is 5.69 Å². The van der Waals surface area contributed by atoms with Gasteiger partial charge in [-0.3, -0.25) is 14.9 Å². The molecule has 0 saturated heterocycles. The third-order valence-electron chi connectivity index (χ3n) is 2.69. The summed E-state index contributed by atoms with van der Waals surface area (Å²) in [4.78, 5) is 22.2. The van der Waals surface area contributed by atoms with E-state index in [1.165, 1.54) is 12.1 Å². The second kappa shape index (κ2) is 6.69. The lowest BCUT2D eigenvalue weighted by atomic mass is 10.1. The SMILES string of the molecule is O=C(Cc1cccc([N+](=O)[O-])c1)Nc1cc(Cl)ccc1Br. The average Bonchev–Trinajstić information content (AvgIpc) is 2.43. The molecule has 0 aliphatic carbocycles. The van der Waals surface area contributed by atoms with E-state index in [-0.39, 0.29) is 18.0 Å². The number of anilines is 1. The van der Waals surface area contributed by atoms with Gasteiger partial charge in [0.05, 0.1) is 17.0 Å². The van der Waals surface area contributed by atoms with Crippen molar-refractivity contribution in [3.63, 3.8) is 0 Å². The summed E-state index contributed by atoms with van der Waals surface area (Å²) in [5.41, 5.74) is 1.09. The molecule has 2 aromatic rings. The maximum atomic E-state index is 12.0. The van der Waals surface area contributed by atoms with E-state index in [0.29, 0.717) is 20.7 Å². The Balaban J connectivity index is 2.10. The van der Waals surface area contributed by atoms with Crippen LogP contribution in [0, 0.1) is 10.1 Å². The number of nitro groups is 1. The molecule has 5 nitrogen and oxygen atoms in total. The van der Waals surface area contributed by atoms with Gasteiger partial charge in [-0.1, -0.05) is 23.7 Å². The Morgan fingerprint density at radius 1 is 1.29 bits per heavy atom. The number of carbonyl (C=O) groups excluding carboxylic acids is 1. The number of rotatable bonds is 4. The van der Waals surface area contributed by atoms with Crippen LogP contribution >= 0.6 is 27.5 Å². The second-order valence-electron chi connectivity index (χ2n) is 4.28. The number of non-ortho nitro benzene ring substituents is 1. The van der Waals surface area contributed by atoms with Gasteiger partial charge < -0.3 is 5.32 Å². The summed E-state index contributed by atoms with van der Waals surface area (Å²) in [7, 11) is 0. The van der Waals surface area contributed by atoms with Gasteiger partial charge in [-0.15, -0.1) is 0 Å². The zero-order valence-corrected chi connectivity index (χ0v) is 13.0. The monoisotopic (exact) mass is 368 g/mol. The van der Waals surface area contributed by atoms with E-state index in [1.54, 1.807) is 30.3 Å². The van der Waals surface area contributed by atoms with Gasteiger partial charge in [0.2, 0.25) is 5.91 Å². The molecule has 0 saturated carbocycles. The number of carbonyl (C=O) groups is 1. The summed E-state index contributed by atoms with van der Waals surface area (Å²) >= 11 is 9.18. The fraction of sp³-hybridized carbons (Fsp3) is 0.0714. The number of nitro benzene ring substituents is 1. The minimum Gasteiger partial charge on any atom is -0.325 e. The zero-order valence-electron chi connectivity index (χ0n) is 10.7. The molecule has 1 amide bonds. The first kappa shape index (κ1) is 15.5. The molecule has 1 N–H and O–H groups in total. The molecule has 21 heavy (non-hydrogen) atoms. The number of hydrogen-bond donors (Lipinski definition) is 1. The van der Waals surface area contributed by atoms with Crippen molar-refractivity contribution in [3.8, 4) is 0 Å². The van der Waals surface area contributed by atoms with Crippen molar-refractivity contribution >= 4 is 44.8 Å². The number of benzene rings is 2. The fourth-order valence-electron chi connectivity index (χ4n) is 1.75. The van der Waals surface area contributed by atoms with Crippen LogP contribution in [0.5, 0.6) is 0 Å². The Hall–Kier alpha value is -1.92. The maximum Gasteiger partial charge on any atom is 0.269 e. The third kappa shape index (κ3) is 4.27. The first-order valence-electron chi connectivity index (χ1n) is 5.94. The van der Waals surface area contributed by atoms with Crippen LogP contribution in [-0.2, 0) is 11.2 Å². The quantitative estimate of drug-likeness (QED) is 0.648. The normalized spacial score (nSPS) is 10.2. The van der Waals surface area contributed by atoms with E-state index in [0.717, 1.165) is 0 Å². The van der Waals surface area contributed by atoms with Gasteiger partial charge in [-0.2, -0.15) is 0 Å². The number of nitrogens with zero attached hydrogens (tertiary/aromatic N) is 1. The Labute approximate surface area is 134 Å². The molecule has 2 rings (SSSR count). The highest BCUT2D eigenvalue weighted by Gasteiger charge is 2.10. The predicted molar refractivity (Wildman–Crippen MR) is 84.6 cm³/mol. The maximum absolute atomic E-state index is 12.0. The van der Waals surface area contributed by atoms with Crippen LogP contribution in [0.4, 0.5) is 11.4 Å². The Kier molecular flexibility index (Phi) is 4.93. The molecule has 0 heterocycles. The molecule has 0 aliphatic heterocycles. The summed E-state index contributed by atoms with van der Waals surface area (Å²) < 4.78 is 0.708. The van der Waals surface area contributed by atoms with Gasteiger partial charge in [0, 0.05) is 21.6 Å². The summed E-state index contributed by atoms with van der Waals surface area (Å²) in [5.74, 6) is -0.279. The topological polar surface area (TPSA) is 72.2 Å². The third-order valence-corrected chi connectivity index (χ3v) is 3.62. The lowest BCUT2D eigenvalue weighted by Gasteiger charge is -2.08. The van der Waals surface area contributed by atoms with Crippen molar-refractivity contribution in [1.29, 1.82) is 0 Å². The lowest BCUT2D eigenvalue weighted by Crippen LogP contribution is -2.14. The molecule has 0 spiro atoms. The van der Waals surface area contributed by atoms with Crippen LogP contribution in [0.25, 0.3) is 0 Å². The van der Waals surface area contributed by atoms with Crippen LogP contribution < -0.4 is 5.32 Å². The highest BCUT2D eigenvalue weighted by atomic mass is 79.9. The standard InChI is InChI=1S/C14H10BrClN2O3/c15-12-5-4-10(16)8-13(12)17-14(19)7-9-2-1-3-11(6-9)18(20)21/h1-6,8H,7H2,(H,17,19). The van der Waals surface area contributed by atoms with Crippen molar-refractivity contribution in [2.45, 2.75) is 6.42 Å². The first-order valence-corrected chi connectivity index (χ1v) is 7.11. The smallest absolute Gasteiger partial charge is 0.269 e. The van der Waals surface area contributed by atoms with Gasteiger partial charge in [0.15, 0.2) is 0 Å². The molecule has 0 aromatic heterocycles. The molecule has 0 unspecified atom stereocenters. The Morgan fingerprint density at radius 3 is 2.76 bits per heavy atom. The minimum absolute atomic E-state index is 0.0377. The molecule has 0 aliphatic rings. The van der Waals surface area contributed by atoms with Crippen LogP contribution in [-0.4, -0.2) is 10.8 Å².